The van der Waals surface area contributed by atoms with Gasteiger partial charge in [0, 0.05) is 25.1 Å². The Hall–Kier alpha value is -2.90. The second kappa shape index (κ2) is 8.45. The average Bonchev–Trinajstić information content (AvgIpc) is 3.15. The van der Waals surface area contributed by atoms with Gasteiger partial charge in [0.25, 0.3) is 0 Å². The summed E-state index contributed by atoms with van der Waals surface area (Å²) < 4.78 is 38.5. The topological polar surface area (TPSA) is 54.8 Å². The van der Waals surface area contributed by atoms with Gasteiger partial charge in [0.1, 0.15) is 5.71 Å². The summed E-state index contributed by atoms with van der Waals surface area (Å²) in [5, 5.41) is 4.12. The largest absolute Gasteiger partial charge is 0.416 e. The molecule has 158 valence electrons. The van der Waals surface area contributed by atoms with E-state index >= 15 is 0 Å². The Morgan fingerprint density at radius 3 is 2.50 bits per heavy atom. The van der Waals surface area contributed by atoms with Crippen molar-refractivity contribution in [3.63, 3.8) is 0 Å². The molecule has 1 aliphatic heterocycles. The lowest BCUT2D eigenvalue weighted by Crippen LogP contribution is -2.42. The molecular weight excluding hydrogens is 395 g/mol. The number of amides is 1. The molecule has 1 aromatic heterocycles. The molecule has 2 aliphatic rings. The van der Waals surface area contributed by atoms with E-state index in [0.29, 0.717) is 18.5 Å². The standard InChI is InChI=1S/C22H22F3N3O2/c23-22(24,25)17-9-7-15(8-10-17)13-28(21(29)16-4-3-5-16)14-18-12-20(27-30-18)19-6-1-2-11-26-19/h1-2,6-11,16,18H,3-5,12-14H2. The fourth-order valence-corrected chi connectivity index (χ4v) is 3.62. The van der Waals surface area contributed by atoms with Crippen LogP contribution < -0.4 is 0 Å². The predicted molar refractivity (Wildman–Crippen MR) is 104 cm³/mol. The first-order valence-corrected chi connectivity index (χ1v) is 9.99. The Balaban J connectivity index is 1.44. The third-order valence-corrected chi connectivity index (χ3v) is 5.54. The highest BCUT2D eigenvalue weighted by Crippen LogP contribution is 2.31. The molecule has 1 aliphatic carbocycles. The number of carbonyl (C=O) groups excluding carboxylic acids is 1. The van der Waals surface area contributed by atoms with Crippen molar-refractivity contribution in [2.24, 2.45) is 11.1 Å². The Labute approximate surface area is 172 Å². The van der Waals surface area contributed by atoms with Crippen molar-refractivity contribution in [1.82, 2.24) is 9.88 Å². The maximum atomic E-state index is 12.9. The van der Waals surface area contributed by atoms with Crippen molar-refractivity contribution >= 4 is 11.6 Å². The van der Waals surface area contributed by atoms with E-state index in [1.807, 2.05) is 18.2 Å². The number of oxime groups is 1. The smallest absolute Gasteiger partial charge is 0.390 e. The number of halogens is 3. The monoisotopic (exact) mass is 417 g/mol. The van der Waals surface area contributed by atoms with Gasteiger partial charge in [-0.05, 0) is 42.7 Å². The first-order chi connectivity index (χ1) is 14.4. The molecule has 1 fully saturated rings. The number of aromatic nitrogens is 1. The molecule has 30 heavy (non-hydrogen) atoms. The molecule has 8 heteroatoms. The predicted octanol–water partition coefficient (Wildman–Crippen LogP) is 4.42. The van der Waals surface area contributed by atoms with Gasteiger partial charge in [0.2, 0.25) is 5.91 Å². The minimum Gasteiger partial charge on any atom is -0.390 e. The first kappa shape index (κ1) is 20.4. The second-order valence-corrected chi connectivity index (χ2v) is 7.73. The average molecular weight is 417 g/mol. The van der Waals surface area contributed by atoms with E-state index in [0.717, 1.165) is 42.8 Å². The van der Waals surface area contributed by atoms with Gasteiger partial charge in [-0.1, -0.05) is 29.8 Å². The van der Waals surface area contributed by atoms with Crippen LogP contribution in [0.15, 0.2) is 53.8 Å². The van der Waals surface area contributed by atoms with Crippen LogP contribution in [-0.4, -0.2) is 34.2 Å². The number of carbonyl (C=O) groups is 1. The zero-order chi connectivity index (χ0) is 21.1. The summed E-state index contributed by atoms with van der Waals surface area (Å²) in [5.74, 6) is 0.00747. The van der Waals surface area contributed by atoms with Crippen molar-refractivity contribution in [2.45, 2.75) is 44.5 Å². The van der Waals surface area contributed by atoms with Gasteiger partial charge >= 0.3 is 6.18 Å². The van der Waals surface area contributed by atoms with E-state index in [9.17, 15) is 18.0 Å². The summed E-state index contributed by atoms with van der Waals surface area (Å²) >= 11 is 0. The maximum absolute atomic E-state index is 12.9. The molecule has 4 rings (SSSR count). The number of hydrogen-bond donors (Lipinski definition) is 0. The van der Waals surface area contributed by atoms with Crippen molar-refractivity contribution < 1.29 is 22.8 Å². The number of hydrogen-bond acceptors (Lipinski definition) is 4. The quantitative estimate of drug-likeness (QED) is 0.699. The molecule has 5 nitrogen and oxygen atoms in total. The minimum atomic E-state index is -4.38. The van der Waals surface area contributed by atoms with E-state index in [1.54, 1.807) is 11.1 Å². The first-order valence-electron chi connectivity index (χ1n) is 9.99. The van der Waals surface area contributed by atoms with Crippen LogP contribution in [0, 0.1) is 5.92 Å². The molecule has 0 N–H and O–H groups in total. The van der Waals surface area contributed by atoms with E-state index in [2.05, 4.69) is 10.1 Å². The molecule has 1 atom stereocenters. The normalized spacial score (nSPS) is 19.0. The van der Waals surface area contributed by atoms with Crippen molar-refractivity contribution in [3.8, 4) is 0 Å². The Bertz CT molecular complexity index is 909. The molecule has 1 aromatic carbocycles. The number of pyridine rings is 1. The van der Waals surface area contributed by atoms with Gasteiger partial charge in [-0.3, -0.25) is 9.78 Å². The zero-order valence-corrected chi connectivity index (χ0v) is 16.3. The Morgan fingerprint density at radius 1 is 1.13 bits per heavy atom. The molecule has 2 aromatic rings. The number of nitrogens with zero attached hydrogens (tertiary/aromatic N) is 3. The molecule has 0 radical (unpaired) electrons. The van der Waals surface area contributed by atoms with Gasteiger partial charge in [0.05, 0.1) is 17.8 Å². The van der Waals surface area contributed by atoms with Crippen LogP contribution in [0.3, 0.4) is 0 Å². The highest BCUT2D eigenvalue weighted by Gasteiger charge is 2.34. The molecule has 0 saturated heterocycles. The van der Waals surface area contributed by atoms with Gasteiger partial charge in [-0.25, -0.2) is 0 Å². The summed E-state index contributed by atoms with van der Waals surface area (Å²) in [5.41, 5.74) is 1.42. The van der Waals surface area contributed by atoms with Crippen LogP contribution in [0.4, 0.5) is 13.2 Å². The lowest BCUT2D eigenvalue weighted by atomic mass is 9.84. The molecule has 2 heterocycles. The van der Waals surface area contributed by atoms with Crippen LogP contribution >= 0.6 is 0 Å². The minimum absolute atomic E-state index is 0.0166. The van der Waals surface area contributed by atoms with E-state index < -0.39 is 11.7 Å². The summed E-state index contributed by atoms with van der Waals surface area (Å²) in [4.78, 5) is 24.4. The van der Waals surface area contributed by atoms with Gasteiger partial charge < -0.3 is 9.74 Å². The lowest BCUT2D eigenvalue weighted by Gasteiger charge is -2.32. The molecule has 0 bridgehead atoms. The van der Waals surface area contributed by atoms with Crippen molar-refractivity contribution in [2.75, 3.05) is 6.54 Å². The molecule has 1 unspecified atom stereocenters. The van der Waals surface area contributed by atoms with E-state index in [4.69, 9.17) is 4.84 Å². The summed E-state index contributed by atoms with van der Waals surface area (Å²) in [6.07, 6.45) is 0.252. The van der Waals surface area contributed by atoms with Gasteiger partial charge in [-0.2, -0.15) is 13.2 Å². The molecule has 1 saturated carbocycles. The van der Waals surface area contributed by atoms with Crippen molar-refractivity contribution in [3.05, 3.63) is 65.5 Å². The Kier molecular flexibility index (Phi) is 5.74. The number of alkyl halides is 3. The van der Waals surface area contributed by atoms with Gasteiger partial charge in [-0.15, -0.1) is 0 Å². The highest BCUT2D eigenvalue weighted by molar-refractivity contribution is 5.99. The summed E-state index contributed by atoms with van der Waals surface area (Å²) in [7, 11) is 0. The number of rotatable bonds is 6. The molecule has 1 amide bonds. The zero-order valence-electron chi connectivity index (χ0n) is 16.3. The fourth-order valence-electron chi connectivity index (χ4n) is 3.62. The second-order valence-electron chi connectivity index (χ2n) is 7.73. The van der Waals surface area contributed by atoms with Crippen LogP contribution in [0.5, 0.6) is 0 Å². The fraction of sp³-hybridized carbons (Fsp3) is 0.409. The van der Waals surface area contributed by atoms with Crippen LogP contribution in [0.25, 0.3) is 0 Å². The lowest BCUT2D eigenvalue weighted by molar-refractivity contribution is -0.141. The SMILES string of the molecule is O=C(C1CCC1)N(Cc1ccc(C(F)(F)F)cc1)CC1CC(c2ccccn2)=NO1. The van der Waals surface area contributed by atoms with Crippen LogP contribution in [0.2, 0.25) is 0 Å². The number of benzene rings is 1. The molecule has 0 spiro atoms. The third-order valence-electron chi connectivity index (χ3n) is 5.54. The third kappa shape index (κ3) is 4.63. The van der Waals surface area contributed by atoms with Crippen molar-refractivity contribution in [1.29, 1.82) is 0 Å². The molecular formula is C22H22F3N3O2. The van der Waals surface area contributed by atoms with E-state index in [1.165, 1.54) is 12.1 Å². The Morgan fingerprint density at radius 2 is 1.90 bits per heavy atom. The van der Waals surface area contributed by atoms with E-state index in [-0.39, 0.29) is 24.5 Å². The summed E-state index contributed by atoms with van der Waals surface area (Å²) in [6.45, 7) is 0.572. The summed E-state index contributed by atoms with van der Waals surface area (Å²) in [6, 6.07) is 10.5. The van der Waals surface area contributed by atoms with Crippen LogP contribution in [-0.2, 0) is 22.4 Å². The van der Waals surface area contributed by atoms with Crippen LogP contribution in [0.1, 0.15) is 42.5 Å². The van der Waals surface area contributed by atoms with Gasteiger partial charge in [0.15, 0.2) is 6.10 Å². The maximum Gasteiger partial charge on any atom is 0.416 e. The highest BCUT2D eigenvalue weighted by atomic mass is 19.4.